The lowest BCUT2D eigenvalue weighted by molar-refractivity contribution is -0.108. The number of imide groups is 1. The van der Waals surface area contributed by atoms with E-state index in [1.54, 1.807) is 45.3 Å². The van der Waals surface area contributed by atoms with E-state index in [0.717, 1.165) is 61.8 Å². The van der Waals surface area contributed by atoms with Gasteiger partial charge >= 0.3 is 0 Å². The van der Waals surface area contributed by atoms with Crippen LogP contribution in [-0.4, -0.2) is 35.6 Å². The minimum Gasteiger partial charge on any atom is -0.330 e. The number of carbonyl (C=O) groups is 3. The van der Waals surface area contributed by atoms with Gasteiger partial charge in [-0.25, -0.2) is 0 Å². The zero-order chi connectivity index (χ0) is 38.4. The first-order chi connectivity index (χ1) is 24.8. The first-order valence-corrected chi connectivity index (χ1v) is 22.1. The number of carbonyl (C=O) groups excluding carboxylic acids is 3. The van der Waals surface area contributed by atoms with Gasteiger partial charge in [-0.1, -0.05) is 34.6 Å². The predicted octanol–water partition coefficient (Wildman–Crippen LogP) is 9.95. The summed E-state index contributed by atoms with van der Waals surface area (Å²) in [5, 5.41) is 4.52. The molecule has 0 fully saturated rings. The van der Waals surface area contributed by atoms with Crippen molar-refractivity contribution in [2.45, 2.75) is 93.9 Å². The summed E-state index contributed by atoms with van der Waals surface area (Å²) in [7, 11) is 0. The fourth-order valence-electron chi connectivity index (χ4n) is 8.11. The van der Waals surface area contributed by atoms with Crippen LogP contribution in [0.4, 0.5) is 0 Å². The van der Waals surface area contributed by atoms with Gasteiger partial charge in [0.25, 0.3) is 11.8 Å². The molecule has 1 aliphatic heterocycles. The Kier molecular flexibility index (Phi) is 8.40. The van der Waals surface area contributed by atoms with Crippen LogP contribution >= 0.6 is 56.7 Å². The highest BCUT2D eigenvalue weighted by Gasteiger charge is 2.45. The van der Waals surface area contributed by atoms with Crippen LogP contribution in [0.5, 0.6) is 0 Å². The smallest absolute Gasteiger partial charge is 0.263 e. The second-order valence-electron chi connectivity index (χ2n) is 16.3. The average molecular weight is 797 g/mol. The summed E-state index contributed by atoms with van der Waals surface area (Å²) in [6.45, 7) is 26.2. The van der Waals surface area contributed by atoms with E-state index in [1.807, 2.05) is 20.8 Å². The van der Waals surface area contributed by atoms with Crippen LogP contribution in [0, 0.1) is 41.5 Å². The molecule has 5 nitrogen and oxygen atoms in total. The summed E-state index contributed by atoms with van der Waals surface area (Å²) in [5.74, 6) is -0.427. The van der Waals surface area contributed by atoms with E-state index in [4.69, 9.17) is 5.73 Å². The Labute approximate surface area is 330 Å². The molecule has 0 saturated carbocycles. The molecule has 6 heterocycles. The Hall–Kier alpha value is -3.25. The molecule has 274 valence electrons. The number of nitrogens with zero attached hydrogens (tertiary/aromatic N) is 1. The summed E-state index contributed by atoms with van der Waals surface area (Å²) in [4.78, 5) is 53.0. The van der Waals surface area contributed by atoms with Crippen molar-refractivity contribution < 1.29 is 14.4 Å². The first-order valence-electron chi connectivity index (χ1n) is 18.0. The topological polar surface area (TPSA) is 80.5 Å². The highest BCUT2D eigenvalue weighted by atomic mass is 32.1. The van der Waals surface area contributed by atoms with E-state index >= 15 is 4.79 Å². The SMILES string of the molecule is CCN1C(=O)c2c(-c3sc(C4=c5c(c6sc(C)cc6c6cc(C)sc56)=C(c5sc(C(C)(C)C)c(C)c5C)C4=O)c(C)c3C)sc(C(C)(C)CN)c2C1=O. The van der Waals surface area contributed by atoms with Crippen molar-refractivity contribution in [2.24, 2.45) is 5.73 Å². The van der Waals surface area contributed by atoms with Crippen LogP contribution in [-0.2, 0) is 15.6 Å². The molecule has 0 unspecified atom stereocenters. The second kappa shape index (κ2) is 12.1. The molecule has 8 rings (SSSR count). The quantitative estimate of drug-likeness (QED) is 0.170. The fourth-order valence-corrected chi connectivity index (χ4v) is 14.6. The molecule has 6 aromatic rings. The summed E-state index contributed by atoms with van der Waals surface area (Å²) >= 11 is 8.42. The zero-order valence-corrected chi connectivity index (χ0v) is 36.4. The molecule has 0 atom stereocenters. The number of nitrogens with two attached hydrogens (primary N) is 1. The van der Waals surface area contributed by atoms with Crippen LogP contribution in [0.3, 0.4) is 0 Å². The van der Waals surface area contributed by atoms with Crippen molar-refractivity contribution in [1.82, 2.24) is 4.90 Å². The lowest BCUT2D eigenvalue weighted by Gasteiger charge is -2.22. The van der Waals surface area contributed by atoms with Crippen LogP contribution in [0.2, 0.25) is 0 Å². The maximum Gasteiger partial charge on any atom is 0.263 e. The Balaban J connectivity index is 1.50. The van der Waals surface area contributed by atoms with Gasteiger partial charge in [0.2, 0.25) is 0 Å². The van der Waals surface area contributed by atoms with Crippen molar-refractivity contribution >= 4 is 106 Å². The largest absolute Gasteiger partial charge is 0.330 e. The molecule has 2 N–H and O–H groups in total. The van der Waals surface area contributed by atoms with E-state index in [-0.39, 0.29) is 23.0 Å². The predicted molar refractivity (Wildman–Crippen MR) is 229 cm³/mol. The molecule has 1 aliphatic carbocycles. The Morgan fingerprint density at radius 1 is 0.604 bits per heavy atom. The maximum absolute atomic E-state index is 15.6. The minimum atomic E-state index is -0.496. The van der Waals surface area contributed by atoms with E-state index < -0.39 is 5.41 Å². The Morgan fingerprint density at radius 3 is 1.57 bits per heavy atom. The number of Topliss-reactive ketones (excluding diaryl/α,β-unsaturated/α-hetero) is 1. The molecule has 1 aromatic carbocycles. The highest BCUT2D eigenvalue weighted by molar-refractivity contribution is 7.24. The van der Waals surface area contributed by atoms with Gasteiger partial charge in [0, 0.05) is 94.4 Å². The van der Waals surface area contributed by atoms with Crippen LogP contribution in [0.1, 0.15) is 114 Å². The summed E-state index contributed by atoms with van der Waals surface area (Å²) < 4.78 is 2.32. The molecular weight excluding hydrogens is 753 g/mol. The van der Waals surface area contributed by atoms with Crippen molar-refractivity contribution in [2.75, 3.05) is 13.1 Å². The number of ketones is 1. The summed E-state index contributed by atoms with van der Waals surface area (Å²) in [6, 6.07) is 4.57. The molecule has 2 amide bonds. The molecule has 53 heavy (non-hydrogen) atoms. The summed E-state index contributed by atoms with van der Waals surface area (Å²) in [6.07, 6.45) is 0. The lowest BCUT2D eigenvalue weighted by atomic mass is 9.88. The number of amides is 2. The fraction of sp³-hybridized carbons (Fsp3) is 0.372. The van der Waals surface area contributed by atoms with Crippen LogP contribution < -0.4 is 16.2 Å². The number of hydrogen-bond acceptors (Lipinski definition) is 9. The molecule has 0 bridgehead atoms. The van der Waals surface area contributed by atoms with E-state index in [9.17, 15) is 9.59 Å². The third kappa shape index (κ3) is 5.02. The van der Waals surface area contributed by atoms with Crippen molar-refractivity contribution in [1.29, 1.82) is 0 Å². The molecule has 10 heteroatoms. The number of thiophene rings is 5. The van der Waals surface area contributed by atoms with Crippen molar-refractivity contribution in [3.8, 4) is 9.75 Å². The third-order valence-corrected chi connectivity index (χ3v) is 18.3. The molecular formula is C43H44N2O3S5. The van der Waals surface area contributed by atoms with Gasteiger partial charge in [-0.3, -0.25) is 19.3 Å². The number of aryl methyl sites for hydroxylation is 2. The molecule has 0 spiro atoms. The van der Waals surface area contributed by atoms with Gasteiger partial charge in [-0.15, -0.1) is 56.7 Å². The number of fused-ring (bicyclic) bond motifs is 7. The zero-order valence-electron chi connectivity index (χ0n) is 32.4. The number of benzene rings is 1. The standard InChI is InChI=1S/C43H44N2O3S5/c1-13-45-40(47)29-30(41(45)48)39(43(11,12)16-44)53-37(29)34-20(5)19(4)32(51-34)27-25-26(36-24(15-18(3)50-36)23-14-17(2)49-35(23)25)28(31(27)46)33-21(6)22(7)38(52-33)42(8,9)10/h14-15H,13,16,44H2,1-12H3. The van der Waals surface area contributed by atoms with Gasteiger partial charge in [0.15, 0.2) is 5.78 Å². The molecule has 5 aromatic heterocycles. The monoisotopic (exact) mass is 796 g/mol. The van der Waals surface area contributed by atoms with E-state index in [0.29, 0.717) is 24.2 Å². The van der Waals surface area contributed by atoms with Gasteiger partial charge in [0.05, 0.1) is 16.0 Å². The number of rotatable bonds is 6. The van der Waals surface area contributed by atoms with Crippen molar-refractivity contribution in [3.63, 3.8) is 0 Å². The molecule has 0 radical (unpaired) electrons. The van der Waals surface area contributed by atoms with Crippen LogP contribution in [0.15, 0.2) is 12.1 Å². The molecule has 0 saturated heterocycles. The van der Waals surface area contributed by atoms with Gasteiger partial charge in [-0.05, 0) is 88.3 Å². The lowest BCUT2D eigenvalue weighted by Crippen LogP contribution is -2.32. The second-order valence-corrected chi connectivity index (χ2v) is 21.8. The number of hydrogen-bond donors (Lipinski definition) is 1. The highest BCUT2D eigenvalue weighted by Crippen LogP contribution is 2.51. The van der Waals surface area contributed by atoms with E-state index in [1.165, 1.54) is 57.5 Å². The first kappa shape index (κ1) is 36.7. The van der Waals surface area contributed by atoms with Crippen LogP contribution in [0.25, 0.3) is 41.1 Å². The average Bonchev–Trinajstić information content (AvgIpc) is 3.94. The normalized spacial score (nSPS) is 15.0. The van der Waals surface area contributed by atoms with Crippen molar-refractivity contribution in [3.05, 3.63) is 85.2 Å². The van der Waals surface area contributed by atoms with Gasteiger partial charge in [-0.2, -0.15) is 0 Å². The Morgan fingerprint density at radius 2 is 1.08 bits per heavy atom. The van der Waals surface area contributed by atoms with Gasteiger partial charge < -0.3 is 5.73 Å². The maximum atomic E-state index is 15.6. The summed E-state index contributed by atoms with van der Waals surface area (Å²) in [5.41, 5.74) is 12.8. The third-order valence-electron chi connectivity index (χ3n) is 11.2. The van der Waals surface area contributed by atoms with E-state index in [2.05, 4.69) is 74.4 Å². The van der Waals surface area contributed by atoms with Gasteiger partial charge in [0.1, 0.15) is 0 Å². The minimum absolute atomic E-state index is 0.0557. The Bertz CT molecular complexity index is 2790. The molecule has 2 aliphatic rings.